The molecule has 0 aliphatic rings. The monoisotopic (exact) mass is 291 g/mol. The van der Waals surface area contributed by atoms with E-state index in [1.165, 1.54) is 5.56 Å². The van der Waals surface area contributed by atoms with E-state index in [9.17, 15) is 0 Å². The quantitative estimate of drug-likeness (QED) is 0.820. The first-order valence-corrected chi connectivity index (χ1v) is 8.02. The predicted molar refractivity (Wildman–Crippen MR) is 91.8 cm³/mol. The van der Waals surface area contributed by atoms with Crippen molar-refractivity contribution in [3.05, 3.63) is 29.8 Å². The van der Waals surface area contributed by atoms with Crippen LogP contribution in [0.15, 0.2) is 24.3 Å². The van der Waals surface area contributed by atoms with Crippen molar-refractivity contribution < 1.29 is 4.74 Å². The Kier molecular flexibility index (Phi) is 5.86. The van der Waals surface area contributed by atoms with Crippen LogP contribution >= 0.6 is 0 Å². The molecule has 2 heteroatoms. The van der Waals surface area contributed by atoms with E-state index in [2.05, 4.69) is 72.7 Å². The first kappa shape index (κ1) is 18.0. The lowest BCUT2D eigenvalue weighted by atomic mass is 9.72. The Labute approximate surface area is 131 Å². The van der Waals surface area contributed by atoms with Crippen LogP contribution in [0.25, 0.3) is 0 Å². The van der Waals surface area contributed by atoms with Crippen LogP contribution in [-0.2, 0) is 5.41 Å². The smallest absolute Gasteiger partial charge is 0.119 e. The molecule has 0 spiro atoms. The lowest BCUT2D eigenvalue weighted by molar-refractivity contribution is 0.159. The molecule has 0 bridgehead atoms. The zero-order chi connectivity index (χ0) is 16.3. The van der Waals surface area contributed by atoms with Crippen LogP contribution in [0.3, 0.4) is 0 Å². The summed E-state index contributed by atoms with van der Waals surface area (Å²) in [7, 11) is 0. The lowest BCUT2D eigenvalue weighted by Crippen LogP contribution is -2.31. The fraction of sp³-hybridized carbons (Fsp3) is 0.684. The average molecular weight is 291 g/mol. The minimum absolute atomic E-state index is 0.0819. The molecule has 0 aromatic heterocycles. The van der Waals surface area contributed by atoms with Crippen molar-refractivity contribution in [1.29, 1.82) is 0 Å². The molecule has 120 valence electrons. The van der Waals surface area contributed by atoms with Crippen LogP contribution in [-0.4, -0.2) is 12.6 Å². The minimum atomic E-state index is 0.0819. The number of rotatable bonds is 6. The van der Waals surface area contributed by atoms with Crippen molar-refractivity contribution in [2.45, 2.75) is 66.4 Å². The Morgan fingerprint density at radius 3 is 1.90 bits per heavy atom. The second-order valence-corrected chi connectivity index (χ2v) is 8.28. The summed E-state index contributed by atoms with van der Waals surface area (Å²) >= 11 is 0. The Bertz CT molecular complexity index is 426. The Morgan fingerprint density at radius 2 is 1.52 bits per heavy atom. The van der Waals surface area contributed by atoms with Crippen LogP contribution in [0.4, 0.5) is 0 Å². The van der Waals surface area contributed by atoms with Gasteiger partial charge in [-0.05, 0) is 40.9 Å². The summed E-state index contributed by atoms with van der Waals surface area (Å²) in [6.45, 7) is 16.3. The maximum Gasteiger partial charge on any atom is 0.119 e. The van der Waals surface area contributed by atoms with E-state index in [-0.39, 0.29) is 11.5 Å². The Morgan fingerprint density at radius 1 is 1.00 bits per heavy atom. The summed E-state index contributed by atoms with van der Waals surface area (Å²) < 4.78 is 5.97. The molecule has 0 radical (unpaired) electrons. The molecule has 0 saturated carbocycles. The largest absolute Gasteiger partial charge is 0.489 e. The molecule has 1 atom stereocenters. The van der Waals surface area contributed by atoms with Crippen molar-refractivity contribution in [1.82, 2.24) is 0 Å². The van der Waals surface area contributed by atoms with E-state index < -0.39 is 0 Å². The summed E-state index contributed by atoms with van der Waals surface area (Å²) in [4.78, 5) is 0. The number of nitrogens with two attached hydrogens (primary N) is 1. The SMILES string of the molecule is CC(C)C(CN)Oc1ccc(C(C)(C)CC(C)(C)C)cc1. The van der Waals surface area contributed by atoms with Gasteiger partial charge < -0.3 is 10.5 Å². The van der Waals surface area contributed by atoms with Crippen LogP contribution in [0.1, 0.15) is 60.5 Å². The normalized spacial score (nSPS) is 14.3. The highest BCUT2D eigenvalue weighted by Crippen LogP contribution is 2.36. The second-order valence-electron chi connectivity index (χ2n) is 8.28. The molecule has 1 aromatic rings. The van der Waals surface area contributed by atoms with Crippen molar-refractivity contribution in [2.24, 2.45) is 17.1 Å². The lowest BCUT2D eigenvalue weighted by Gasteiger charge is -2.33. The van der Waals surface area contributed by atoms with Gasteiger partial charge in [0, 0.05) is 6.54 Å². The van der Waals surface area contributed by atoms with Gasteiger partial charge in [-0.1, -0.05) is 60.6 Å². The van der Waals surface area contributed by atoms with Gasteiger partial charge in [0.2, 0.25) is 0 Å². The van der Waals surface area contributed by atoms with E-state index in [4.69, 9.17) is 10.5 Å². The topological polar surface area (TPSA) is 35.2 Å². The van der Waals surface area contributed by atoms with E-state index >= 15 is 0 Å². The van der Waals surface area contributed by atoms with Gasteiger partial charge in [-0.2, -0.15) is 0 Å². The molecular weight excluding hydrogens is 258 g/mol. The summed E-state index contributed by atoms with van der Waals surface area (Å²) in [5.41, 5.74) is 7.61. The number of ether oxygens (including phenoxy) is 1. The van der Waals surface area contributed by atoms with E-state index in [1.54, 1.807) is 0 Å². The van der Waals surface area contributed by atoms with Gasteiger partial charge in [0.15, 0.2) is 0 Å². The molecule has 1 unspecified atom stereocenters. The van der Waals surface area contributed by atoms with Gasteiger partial charge in [0.1, 0.15) is 11.9 Å². The highest BCUT2D eigenvalue weighted by Gasteiger charge is 2.27. The Balaban J connectivity index is 2.82. The third kappa shape index (κ3) is 5.70. The van der Waals surface area contributed by atoms with Gasteiger partial charge in [0.25, 0.3) is 0 Å². The predicted octanol–water partition coefficient (Wildman–Crippen LogP) is 4.76. The molecular formula is C19H33NO. The summed E-state index contributed by atoms with van der Waals surface area (Å²) in [6.07, 6.45) is 1.23. The van der Waals surface area contributed by atoms with Gasteiger partial charge in [0.05, 0.1) is 0 Å². The van der Waals surface area contributed by atoms with Crippen molar-refractivity contribution in [3.8, 4) is 5.75 Å². The number of benzene rings is 1. The summed E-state index contributed by atoms with van der Waals surface area (Å²) in [5.74, 6) is 1.33. The standard InChI is InChI=1S/C19H33NO/c1-14(2)17(12-20)21-16-10-8-15(9-11-16)19(6,7)13-18(3,4)5/h8-11,14,17H,12-13,20H2,1-7H3. The van der Waals surface area contributed by atoms with Crippen molar-refractivity contribution in [2.75, 3.05) is 6.54 Å². The maximum absolute atomic E-state index is 5.97. The fourth-order valence-electron chi connectivity index (χ4n) is 3.04. The molecule has 1 rings (SSSR count). The van der Waals surface area contributed by atoms with Crippen LogP contribution in [0, 0.1) is 11.3 Å². The Hall–Kier alpha value is -1.02. The molecule has 0 fully saturated rings. The average Bonchev–Trinajstić information content (AvgIpc) is 2.33. The van der Waals surface area contributed by atoms with Crippen LogP contribution in [0.2, 0.25) is 0 Å². The molecule has 0 amide bonds. The van der Waals surface area contributed by atoms with Gasteiger partial charge >= 0.3 is 0 Å². The summed E-state index contributed by atoms with van der Waals surface area (Å²) in [6, 6.07) is 8.53. The second kappa shape index (κ2) is 6.83. The number of hydrogen-bond acceptors (Lipinski definition) is 2. The maximum atomic E-state index is 5.97. The molecule has 0 aliphatic heterocycles. The molecule has 0 heterocycles. The molecule has 0 saturated heterocycles. The van der Waals surface area contributed by atoms with Gasteiger partial charge in [-0.15, -0.1) is 0 Å². The fourth-order valence-corrected chi connectivity index (χ4v) is 3.04. The highest BCUT2D eigenvalue weighted by atomic mass is 16.5. The first-order valence-electron chi connectivity index (χ1n) is 8.02. The first-order chi connectivity index (χ1) is 9.55. The van der Waals surface area contributed by atoms with Crippen LogP contribution in [0.5, 0.6) is 5.75 Å². The third-order valence-corrected chi connectivity index (χ3v) is 3.87. The van der Waals surface area contributed by atoms with E-state index in [1.807, 2.05) is 0 Å². The van der Waals surface area contributed by atoms with E-state index in [0.29, 0.717) is 17.9 Å². The summed E-state index contributed by atoms with van der Waals surface area (Å²) in [5, 5.41) is 0. The highest BCUT2D eigenvalue weighted by molar-refractivity contribution is 5.32. The number of hydrogen-bond donors (Lipinski definition) is 1. The zero-order valence-corrected chi connectivity index (χ0v) is 14.9. The molecule has 2 N–H and O–H groups in total. The van der Waals surface area contributed by atoms with Gasteiger partial charge in [-0.25, -0.2) is 0 Å². The molecule has 0 aliphatic carbocycles. The van der Waals surface area contributed by atoms with Gasteiger partial charge in [-0.3, -0.25) is 0 Å². The van der Waals surface area contributed by atoms with E-state index in [0.717, 1.165) is 12.2 Å². The van der Waals surface area contributed by atoms with Crippen LogP contribution < -0.4 is 10.5 Å². The zero-order valence-electron chi connectivity index (χ0n) is 14.9. The molecule has 2 nitrogen and oxygen atoms in total. The van der Waals surface area contributed by atoms with Crippen molar-refractivity contribution in [3.63, 3.8) is 0 Å². The molecule has 21 heavy (non-hydrogen) atoms. The van der Waals surface area contributed by atoms with Crippen molar-refractivity contribution >= 4 is 0 Å². The third-order valence-electron chi connectivity index (χ3n) is 3.87. The molecule has 1 aromatic carbocycles. The minimum Gasteiger partial charge on any atom is -0.489 e.